The zero-order valence-electron chi connectivity index (χ0n) is 20.6. The quantitative estimate of drug-likeness (QED) is 0.393. The van der Waals surface area contributed by atoms with Crippen LogP contribution in [0, 0.1) is 5.92 Å². The van der Waals surface area contributed by atoms with E-state index >= 15 is 0 Å². The molecule has 1 saturated heterocycles. The average molecular weight is 487 g/mol. The Morgan fingerprint density at radius 3 is 2.72 bits per heavy atom. The number of nitrogens with one attached hydrogen (secondary N) is 1. The third-order valence-corrected chi connectivity index (χ3v) is 6.24. The van der Waals surface area contributed by atoms with Crippen molar-refractivity contribution in [3.05, 3.63) is 60.9 Å². The van der Waals surface area contributed by atoms with Crippen molar-refractivity contribution in [2.45, 2.75) is 26.7 Å². The molecule has 1 unspecified atom stereocenters. The minimum atomic E-state index is -0.198. The first-order valence-electron chi connectivity index (χ1n) is 12.4. The summed E-state index contributed by atoms with van der Waals surface area (Å²) in [6, 6.07) is 17.5. The molecule has 1 amide bonds. The van der Waals surface area contributed by atoms with Gasteiger partial charge in [0, 0.05) is 30.8 Å². The first-order chi connectivity index (χ1) is 17.7. The molecule has 4 aromatic rings. The van der Waals surface area contributed by atoms with Gasteiger partial charge < -0.3 is 19.7 Å². The normalized spacial score (nSPS) is 15.6. The van der Waals surface area contributed by atoms with Gasteiger partial charge in [-0.25, -0.2) is 4.98 Å². The zero-order valence-corrected chi connectivity index (χ0v) is 20.6. The number of ether oxygens (including phenoxy) is 2. The van der Waals surface area contributed by atoms with E-state index in [1.165, 1.54) is 6.33 Å². The predicted octanol–water partition coefficient (Wildman–Crippen LogP) is 4.44. The largest absolute Gasteiger partial charge is 0.494 e. The van der Waals surface area contributed by atoms with Crippen LogP contribution < -0.4 is 19.7 Å². The number of nitrogens with zero attached hydrogens (tertiary/aromatic N) is 5. The molecule has 1 atom stereocenters. The fraction of sp³-hybridized carbons (Fsp3) is 0.333. The van der Waals surface area contributed by atoms with Gasteiger partial charge in [-0.05, 0) is 38.8 Å². The van der Waals surface area contributed by atoms with Crippen LogP contribution in [0.25, 0.3) is 17.0 Å². The molecular formula is C27H30N6O3. The highest BCUT2D eigenvalue weighted by atomic mass is 16.5. The Morgan fingerprint density at radius 2 is 1.92 bits per heavy atom. The molecule has 2 aromatic heterocycles. The number of rotatable bonds is 8. The molecule has 5 rings (SSSR count). The van der Waals surface area contributed by atoms with Crippen molar-refractivity contribution >= 4 is 23.2 Å². The topological polar surface area (TPSA) is 93.9 Å². The number of hydrogen-bond acceptors (Lipinski definition) is 7. The second-order valence-corrected chi connectivity index (χ2v) is 8.64. The van der Waals surface area contributed by atoms with Gasteiger partial charge in [0.1, 0.15) is 23.6 Å². The summed E-state index contributed by atoms with van der Waals surface area (Å²) in [4.78, 5) is 24.6. The predicted molar refractivity (Wildman–Crippen MR) is 139 cm³/mol. The van der Waals surface area contributed by atoms with Crippen molar-refractivity contribution in [1.82, 2.24) is 19.6 Å². The Labute approximate surface area is 210 Å². The van der Waals surface area contributed by atoms with Crippen LogP contribution in [0.1, 0.15) is 26.7 Å². The lowest BCUT2D eigenvalue weighted by Crippen LogP contribution is -2.41. The lowest BCUT2D eigenvalue weighted by Gasteiger charge is -2.33. The number of amides is 1. The molecule has 1 fully saturated rings. The highest BCUT2D eigenvalue weighted by Crippen LogP contribution is 2.32. The van der Waals surface area contributed by atoms with Crippen LogP contribution in [0.5, 0.6) is 11.5 Å². The van der Waals surface area contributed by atoms with Crippen molar-refractivity contribution in [1.29, 1.82) is 0 Å². The Bertz CT molecular complexity index is 1340. The SMILES string of the molecule is CCOc1ccc(OCC)c(NC(=O)C2CCCN(c3cc(-c4ccccc4)nc4ncnn34)C2)c1. The summed E-state index contributed by atoms with van der Waals surface area (Å²) in [5.41, 5.74) is 2.46. The second-order valence-electron chi connectivity index (χ2n) is 8.64. The van der Waals surface area contributed by atoms with Crippen LogP contribution in [0.4, 0.5) is 11.5 Å². The molecule has 2 aromatic carbocycles. The molecule has 1 aliphatic rings. The lowest BCUT2D eigenvalue weighted by atomic mass is 9.97. The molecule has 3 heterocycles. The second kappa shape index (κ2) is 10.6. The molecule has 1 N–H and O–H groups in total. The number of anilines is 2. The monoisotopic (exact) mass is 486 g/mol. The van der Waals surface area contributed by atoms with E-state index in [0.29, 0.717) is 42.7 Å². The molecule has 0 spiro atoms. The van der Waals surface area contributed by atoms with Gasteiger partial charge in [-0.3, -0.25) is 4.79 Å². The van der Waals surface area contributed by atoms with Crippen LogP contribution in [0.2, 0.25) is 0 Å². The summed E-state index contributed by atoms with van der Waals surface area (Å²) in [7, 11) is 0. The molecule has 9 heteroatoms. The summed E-state index contributed by atoms with van der Waals surface area (Å²) >= 11 is 0. The summed E-state index contributed by atoms with van der Waals surface area (Å²) in [5.74, 6) is 2.50. The number of carbonyl (C=O) groups is 1. The van der Waals surface area contributed by atoms with Gasteiger partial charge in [-0.2, -0.15) is 14.6 Å². The Hall–Kier alpha value is -4.14. The molecule has 0 aliphatic carbocycles. The van der Waals surface area contributed by atoms with Gasteiger partial charge in [-0.1, -0.05) is 30.3 Å². The van der Waals surface area contributed by atoms with E-state index in [0.717, 1.165) is 36.5 Å². The summed E-state index contributed by atoms with van der Waals surface area (Å²) in [6.07, 6.45) is 3.19. The van der Waals surface area contributed by atoms with Crippen LogP contribution in [-0.2, 0) is 4.79 Å². The van der Waals surface area contributed by atoms with E-state index in [4.69, 9.17) is 9.47 Å². The molecule has 36 heavy (non-hydrogen) atoms. The molecular weight excluding hydrogens is 456 g/mol. The molecule has 186 valence electrons. The van der Waals surface area contributed by atoms with Gasteiger partial charge in [-0.15, -0.1) is 0 Å². The zero-order chi connectivity index (χ0) is 24.9. The van der Waals surface area contributed by atoms with Gasteiger partial charge in [0.2, 0.25) is 5.91 Å². The van der Waals surface area contributed by atoms with Crippen LogP contribution in [0.15, 0.2) is 60.9 Å². The molecule has 0 saturated carbocycles. The van der Waals surface area contributed by atoms with E-state index in [-0.39, 0.29) is 11.8 Å². The van der Waals surface area contributed by atoms with Crippen LogP contribution >= 0.6 is 0 Å². The Morgan fingerprint density at radius 1 is 1.08 bits per heavy atom. The number of hydrogen-bond donors (Lipinski definition) is 1. The van der Waals surface area contributed by atoms with E-state index in [1.54, 1.807) is 4.52 Å². The first-order valence-corrected chi connectivity index (χ1v) is 12.4. The number of aromatic nitrogens is 4. The highest BCUT2D eigenvalue weighted by Gasteiger charge is 2.28. The van der Waals surface area contributed by atoms with E-state index < -0.39 is 0 Å². The Kier molecular flexibility index (Phi) is 6.97. The van der Waals surface area contributed by atoms with Crippen molar-refractivity contribution in [3.8, 4) is 22.8 Å². The fourth-order valence-corrected chi connectivity index (χ4v) is 4.56. The molecule has 9 nitrogen and oxygen atoms in total. The van der Waals surface area contributed by atoms with Crippen LogP contribution in [0.3, 0.4) is 0 Å². The third-order valence-electron chi connectivity index (χ3n) is 6.24. The van der Waals surface area contributed by atoms with Gasteiger partial charge in [0.25, 0.3) is 5.78 Å². The summed E-state index contributed by atoms with van der Waals surface area (Å²) in [6.45, 7) is 6.29. The van der Waals surface area contributed by atoms with Crippen LogP contribution in [-0.4, -0.2) is 51.8 Å². The maximum atomic E-state index is 13.4. The van der Waals surface area contributed by atoms with Crippen molar-refractivity contribution < 1.29 is 14.3 Å². The van der Waals surface area contributed by atoms with Crippen molar-refractivity contribution in [3.63, 3.8) is 0 Å². The van der Waals surface area contributed by atoms with Crippen molar-refractivity contribution in [2.24, 2.45) is 5.92 Å². The van der Waals surface area contributed by atoms with Crippen molar-refractivity contribution in [2.75, 3.05) is 36.5 Å². The molecule has 1 aliphatic heterocycles. The van der Waals surface area contributed by atoms with E-state index in [9.17, 15) is 4.79 Å². The smallest absolute Gasteiger partial charge is 0.254 e. The number of carbonyl (C=O) groups excluding carboxylic acids is 1. The maximum absolute atomic E-state index is 13.4. The highest BCUT2D eigenvalue weighted by molar-refractivity contribution is 5.94. The number of fused-ring (bicyclic) bond motifs is 1. The van der Waals surface area contributed by atoms with Gasteiger partial charge in [0.05, 0.1) is 30.5 Å². The minimum absolute atomic E-state index is 0.0403. The lowest BCUT2D eigenvalue weighted by molar-refractivity contribution is -0.120. The first kappa shape index (κ1) is 23.6. The molecule has 0 bridgehead atoms. The number of benzene rings is 2. The number of piperidine rings is 1. The fourth-order valence-electron chi connectivity index (χ4n) is 4.56. The van der Waals surface area contributed by atoms with Gasteiger partial charge in [0.15, 0.2) is 0 Å². The standard InChI is InChI=1S/C27H30N6O3/c1-3-35-21-12-13-24(36-4-2)23(15-21)30-26(34)20-11-8-14-32(17-20)25-16-22(19-9-6-5-7-10-19)31-27-28-18-29-33(25)27/h5-7,9-10,12-13,15-16,18,20H,3-4,8,11,14,17H2,1-2H3,(H,30,34). The van der Waals surface area contributed by atoms with Gasteiger partial charge >= 0.3 is 0 Å². The molecule has 0 radical (unpaired) electrons. The maximum Gasteiger partial charge on any atom is 0.254 e. The average Bonchev–Trinajstić information content (AvgIpc) is 3.39. The minimum Gasteiger partial charge on any atom is -0.494 e. The van der Waals surface area contributed by atoms with E-state index in [2.05, 4.69) is 25.3 Å². The Balaban J connectivity index is 1.39. The van der Waals surface area contributed by atoms with E-state index in [1.807, 2.05) is 68.4 Å². The summed E-state index contributed by atoms with van der Waals surface area (Å²) in [5, 5.41) is 7.48. The third kappa shape index (κ3) is 4.95. The summed E-state index contributed by atoms with van der Waals surface area (Å²) < 4.78 is 13.1.